The maximum absolute atomic E-state index is 10.2. The Morgan fingerprint density at radius 1 is 1.42 bits per heavy atom. The van der Waals surface area contributed by atoms with E-state index in [0.717, 1.165) is 25.0 Å². The molecular formula is C23H33NO2. The van der Waals surface area contributed by atoms with Crippen LogP contribution >= 0.6 is 0 Å². The second-order valence-corrected chi connectivity index (χ2v) is 7.04. The zero-order valence-electron chi connectivity index (χ0n) is 16.4. The maximum atomic E-state index is 10.2. The van der Waals surface area contributed by atoms with Gasteiger partial charge >= 0.3 is 0 Å². The van der Waals surface area contributed by atoms with E-state index in [1.165, 1.54) is 16.2 Å². The van der Waals surface area contributed by atoms with Crippen LogP contribution in [0.1, 0.15) is 51.5 Å². The SMILES string of the molecule is C=CC[C@@H]1[C@H](C)[C@H](c2cccc(OCC(/C=C\CC)=C/C)c2)CCN1O. The topological polar surface area (TPSA) is 32.7 Å². The van der Waals surface area contributed by atoms with Crippen LogP contribution in [0.15, 0.2) is 60.7 Å². The highest BCUT2D eigenvalue weighted by atomic mass is 16.5. The molecule has 0 spiro atoms. The van der Waals surface area contributed by atoms with E-state index in [9.17, 15) is 5.21 Å². The Kier molecular flexibility index (Phi) is 8.14. The van der Waals surface area contributed by atoms with E-state index in [1.54, 1.807) is 0 Å². The maximum Gasteiger partial charge on any atom is 0.120 e. The molecule has 1 fully saturated rings. The minimum absolute atomic E-state index is 0.129. The van der Waals surface area contributed by atoms with Gasteiger partial charge in [0.05, 0.1) is 0 Å². The molecule has 1 N–H and O–H groups in total. The van der Waals surface area contributed by atoms with Crippen molar-refractivity contribution < 1.29 is 9.94 Å². The van der Waals surface area contributed by atoms with Gasteiger partial charge in [-0.15, -0.1) is 6.58 Å². The third-order valence-electron chi connectivity index (χ3n) is 5.33. The number of hydrogen-bond donors (Lipinski definition) is 1. The van der Waals surface area contributed by atoms with E-state index in [1.807, 2.05) is 19.1 Å². The lowest BCUT2D eigenvalue weighted by atomic mass is 9.76. The third-order valence-corrected chi connectivity index (χ3v) is 5.33. The predicted octanol–water partition coefficient (Wildman–Crippen LogP) is 5.74. The fourth-order valence-electron chi connectivity index (χ4n) is 3.72. The van der Waals surface area contributed by atoms with Gasteiger partial charge in [0.15, 0.2) is 0 Å². The summed E-state index contributed by atoms with van der Waals surface area (Å²) in [7, 11) is 0. The summed E-state index contributed by atoms with van der Waals surface area (Å²) in [5.74, 6) is 1.69. The molecule has 0 aliphatic carbocycles. The van der Waals surface area contributed by atoms with E-state index in [0.29, 0.717) is 25.0 Å². The van der Waals surface area contributed by atoms with E-state index in [-0.39, 0.29) is 6.04 Å². The first kappa shape index (κ1) is 20.5. The first-order chi connectivity index (χ1) is 12.6. The van der Waals surface area contributed by atoms with Crippen molar-refractivity contribution in [3.63, 3.8) is 0 Å². The van der Waals surface area contributed by atoms with Gasteiger partial charge in [0.1, 0.15) is 12.4 Å². The van der Waals surface area contributed by atoms with Crippen molar-refractivity contribution in [2.24, 2.45) is 5.92 Å². The molecule has 1 aromatic carbocycles. The highest BCUT2D eigenvalue weighted by Crippen LogP contribution is 2.38. The van der Waals surface area contributed by atoms with Crippen molar-refractivity contribution in [3.05, 3.63) is 66.3 Å². The molecule has 0 unspecified atom stereocenters. The fourth-order valence-corrected chi connectivity index (χ4v) is 3.72. The van der Waals surface area contributed by atoms with Crippen LogP contribution in [0.3, 0.4) is 0 Å². The molecule has 0 bridgehead atoms. The molecule has 1 heterocycles. The van der Waals surface area contributed by atoms with Gasteiger partial charge in [0.2, 0.25) is 0 Å². The number of nitrogens with zero attached hydrogens (tertiary/aromatic N) is 1. The van der Waals surface area contributed by atoms with Gasteiger partial charge in [-0.2, -0.15) is 5.06 Å². The molecule has 2 rings (SSSR count). The van der Waals surface area contributed by atoms with E-state index >= 15 is 0 Å². The molecule has 3 atom stereocenters. The Balaban J connectivity index is 2.08. The van der Waals surface area contributed by atoms with Gasteiger partial charge in [-0.3, -0.25) is 0 Å². The number of hydroxylamine groups is 2. The third kappa shape index (κ3) is 5.33. The standard InChI is InChI=1S/C23H33NO2/c1-5-8-11-19(7-3)17-26-21-13-9-12-20(16-21)22-14-15-24(25)23(10-6-2)18(22)4/h6-9,11-13,16,18,22-23,25H,2,5,10,14-15,17H2,1,3-4H3/b11-8-,19-7+/t18-,22-,23-/m1/s1. The quantitative estimate of drug-likeness (QED) is 0.477. The number of rotatable bonds is 8. The summed E-state index contributed by atoms with van der Waals surface area (Å²) in [5.41, 5.74) is 2.48. The fraction of sp³-hybridized carbons (Fsp3) is 0.478. The highest BCUT2D eigenvalue weighted by molar-refractivity contribution is 5.32. The largest absolute Gasteiger partial charge is 0.489 e. The Hall–Kier alpha value is -1.84. The summed E-state index contributed by atoms with van der Waals surface area (Å²) in [6, 6.07) is 8.57. The number of allylic oxidation sites excluding steroid dienone is 2. The molecule has 142 valence electrons. The minimum atomic E-state index is 0.129. The van der Waals surface area contributed by atoms with Crippen molar-refractivity contribution in [1.29, 1.82) is 0 Å². The van der Waals surface area contributed by atoms with Crippen LogP contribution in [0, 0.1) is 5.92 Å². The normalized spacial score (nSPS) is 24.8. The zero-order valence-corrected chi connectivity index (χ0v) is 16.4. The lowest BCUT2D eigenvalue weighted by Gasteiger charge is -2.41. The van der Waals surface area contributed by atoms with Crippen molar-refractivity contribution in [2.75, 3.05) is 13.2 Å². The summed E-state index contributed by atoms with van der Waals surface area (Å²) < 4.78 is 6.02. The van der Waals surface area contributed by atoms with Crippen LogP contribution in [0.4, 0.5) is 0 Å². The van der Waals surface area contributed by atoms with Gasteiger partial charge in [0.25, 0.3) is 0 Å². The second kappa shape index (κ2) is 10.3. The molecule has 0 saturated carbocycles. The molecule has 3 heteroatoms. The Labute approximate surface area is 158 Å². The zero-order chi connectivity index (χ0) is 18.9. The van der Waals surface area contributed by atoms with E-state index in [2.05, 4.69) is 56.9 Å². The first-order valence-electron chi connectivity index (χ1n) is 9.71. The minimum Gasteiger partial charge on any atom is -0.489 e. The van der Waals surface area contributed by atoms with Crippen LogP contribution in [-0.2, 0) is 0 Å². The summed E-state index contributed by atoms with van der Waals surface area (Å²) >= 11 is 0. The molecular weight excluding hydrogens is 322 g/mol. The van der Waals surface area contributed by atoms with Gasteiger partial charge in [0, 0.05) is 12.6 Å². The predicted molar refractivity (Wildman–Crippen MR) is 109 cm³/mol. The van der Waals surface area contributed by atoms with Crippen LogP contribution in [0.25, 0.3) is 0 Å². The molecule has 1 saturated heterocycles. The van der Waals surface area contributed by atoms with Gasteiger partial charge < -0.3 is 9.94 Å². The average molecular weight is 356 g/mol. The first-order valence-corrected chi connectivity index (χ1v) is 9.71. The Morgan fingerprint density at radius 3 is 2.92 bits per heavy atom. The Bertz CT molecular complexity index is 635. The van der Waals surface area contributed by atoms with Crippen LogP contribution < -0.4 is 4.74 Å². The lowest BCUT2D eigenvalue weighted by molar-refractivity contribution is -0.160. The summed E-state index contributed by atoms with van der Waals surface area (Å²) in [5, 5.41) is 11.7. The van der Waals surface area contributed by atoms with Gasteiger partial charge in [-0.1, -0.05) is 50.3 Å². The molecule has 26 heavy (non-hydrogen) atoms. The Morgan fingerprint density at radius 2 is 2.23 bits per heavy atom. The smallest absolute Gasteiger partial charge is 0.120 e. The molecule has 3 nitrogen and oxygen atoms in total. The van der Waals surface area contributed by atoms with Gasteiger partial charge in [-0.05, 0) is 61.3 Å². The highest BCUT2D eigenvalue weighted by Gasteiger charge is 2.34. The second-order valence-electron chi connectivity index (χ2n) is 7.04. The molecule has 0 radical (unpaired) electrons. The van der Waals surface area contributed by atoms with E-state index in [4.69, 9.17) is 4.74 Å². The average Bonchev–Trinajstić information content (AvgIpc) is 2.65. The van der Waals surface area contributed by atoms with Crippen LogP contribution in [0.5, 0.6) is 5.75 Å². The lowest BCUT2D eigenvalue weighted by Crippen LogP contribution is -2.45. The molecule has 1 aliphatic rings. The number of hydrogen-bond acceptors (Lipinski definition) is 3. The van der Waals surface area contributed by atoms with Crippen molar-refractivity contribution in [2.45, 2.75) is 52.0 Å². The number of ether oxygens (including phenoxy) is 1. The van der Waals surface area contributed by atoms with Crippen molar-refractivity contribution in [3.8, 4) is 5.75 Å². The van der Waals surface area contributed by atoms with Crippen molar-refractivity contribution in [1.82, 2.24) is 5.06 Å². The molecule has 1 aliphatic heterocycles. The summed E-state index contributed by atoms with van der Waals surface area (Å²) in [6.07, 6.45) is 11.1. The molecule has 1 aromatic rings. The van der Waals surface area contributed by atoms with Crippen LogP contribution in [0.2, 0.25) is 0 Å². The number of piperidine rings is 1. The molecule has 0 aromatic heterocycles. The van der Waals surface area contributed by atoms with Crippen LogP contribution in [-0.4, -0.2) is 29.5 Å². The van der Waals surface area contributed by atoms with Gasteiger partial charge in [-0.25, -0.2) is 0 Å². The van der Waals surface area contributed by atoms with E-state index < -0.39 is 0 Å². The monoisotopic (exact) mass is 355 g/mol. The molecule has 0 amide bonds. The summed E-state index contributed by atoms with van der Waals surface area (Å²) in [4.78, 5) is 0. The summed E-state index contributed by atoms with van der Waals surface area (Å²) in [6.45, 7) is 11.5. The number of benzene rings is 1. The van der Waals surface area contributed by atoms with Crippen molar-refractivity contribution >= 4 is 0 Å².